The maximum absolute atomic E-state index is 12.4. The molecule has 0 aliphatic rings. The van der Waals surface area contributed by atoms with E-state index in [0.29, 0.717) is 74.0 Å². The number of amides is 2. The predicted octanol–water partition coefficient (Wildman–Crippen LogP) is 13.3. The molecule has 0 saturated carbocycles. The van der Waals surface area contributed by atoms with Crippen LogP contribution in [0, 0.1) is 0 Å². The van der Waals surface area contributed by atoms with Crippen LogP contribution in [0.15, 0.2) is 213 Å². The van der Waals surface area contributed by atoms with Crippen LogP contribution in [0.25, 0.3) is 34.0 Å². The number of benzene rings is 6. The number of nitrogen functional groups attached to an aromatic ring is 1. The molecule has 410 valence electrons. The van der Waals surface area contributed by atoms with Crippen LogP contribution in [0.5, 0.6) is 0 Å². The normalized spacial score (nSPS) is 10.2. The molecule has 0 fully saturated rings. The molecule has 0 radical (unpaired) electrons. The Kier molecular flexibility index (Phi) is 23.0. The van der Waals surface area contributed by atoms with Crippen LogP contribution in [0.1, 0.15) is 81.5 Å². The number of aryl methyl sites for hydroxylation is 3. The molecule has 3 heterocycles. The van der Waals surface area contributed by atoms with Crippen LogP contribution in [-0.4, -0.2) is 59.1 Å². The fourth-order valence-corrected chi connectivity index (χ4v) is 7.43. The molecule has 6 N–H and O–H groups in total. The van der Waals surface area contributed by atoms with Gasteiger partial charge in [-0.2, -0.15) is 0 Å². The van der Waals surface area contributed by atoms with Crippen molar-refractivity contribution in [3.63, 3.8) is 0 Å². The zero-order valence-corrected chi connectivity index (χ0v) is 44.2. The SMILES string of the molecule is CCOC(=O)CCc1ccc(N)cc1.CCOC(=O)CCc1ccc(NC(=O)c2ccc(-c3ccccc3)o2)cc1.O=C(O)CCc1ccc(NC(=O)c2ccc(-c3ccccc3)o2)cc1.O=C(O)c1ccc(-c2ccccc2)o1. The van der Waals surface area contributed by atoms with Gasteiger partial charge in [0.1, 0.15) is 17.3 Å². The number of carboxylic acid groups (broad SMARTS) is 2. The quantitative estimate of drug-likeness (QED) is 0.0373. The Morgan fingerprint density at radius 1 is 0.412 bits per heavy atom. The first kappa shape index (κ1) is 59.0. The van der Waals surface area contributed by atoms with E-state index in [9.17, 15) is 28.8 Å². The highest BCUT2D eigenvalue weighted by molar-refractivity contribution is 6.03. The van der Waals surface area contributed by atoms with E-state index in [-0.39, 0.29) is 47.5 Å². The number of carboxylic acids is 2. The van der Waals surface area contributed by atoms with E-state index < -0.39 is 11.9 Å². The van der Waals surface area contributed by atoms with E-state index in [1.807, 2.05) is 127 Å². The van der Waals surface area contributed by atoms with Crippen LogP contribution >= 0.6 is 0 Å². The Hall–Kier alpha value is -10.2. The van der Waals surface area contributed by atoms with Crippen molar-refractivity contribution in [2.45, 2.75) is 52.4 Å². The second kappa shape index (κ2) is 31.1. The molecular weight excluding hydrogens is 1020 g/mol. The van der Waals surface area contributed by atoms with Gasteiger partial charge in [-0.3, -0.25) is 24.0 Å². The van der Waals surface area contributed by atoms with Crippen molar-refractivity contribution < 1.29 is 61.7 Å². The largest absolute Gasteiger partial charge is 0.481 e. The molecule has 0 bridgehead atoms. The Balaban J connectivity index is 0.000000179. The van der Waals surface area contributed by atoms with E-state index in [0.717, 1.165) is 39.1 Å². The maximum Gasteiger partial charge on any atom is 0.371 e. The van der Waals surface area contributed by atoms with Crippen LogP contribution in [-0.2, 0) is 43.1 Å². The number of furan rings is 3. The van der Waals surface area contributed by atoms with Crippen molar-refractivity contribution in [1.29, 1.82) is 0 Å². The molecule has 0 aliphatic heterocycles. The molecule has 9 aromatic rings. The van der Waals surface area contributed by atoms with E-state index in [4.69, 9.17) is 38.7 Å². The average molecular weight is 1080 g/mol. The summed E-state index contributed by atoms with van der Waals surface area (Å²) in [6.45, 7) is 4.43. The van der Waals surface area contributed by atoms with Gasteiger partial charge in [0.15, 0.2) is 11.5 Å². The molecule has 9 rings (SSSR count). The van der Waals surface area contributed by atoms with Gasteiger partial charge in [-0.25, -0.2) is 4.79 Å². The van der Waals surface area contributed by atoms with E-state index >= 15 is 0 Å². The molecule has 0 saturated heterocycles. The second-order valence-electron chi connectivity index (χ2n) is 17.4. The third-order valence-electron chi connectivity index (χ3n) is 11.5. The van der Waals surface area contributed by atoms with Crippen molar-refractivity contribution in [3.8, 4) is 34.0 Å². The van der Waals surface area contributed by atoms with Gasteiger partial charge in [0.25, 0.3) is 11.8 Å². The van der Waals surface area contributed by atoms with Crippen LogP contribution < -0.4 is 16.4 Å². The van der Waals surface area contributed by atoms with Gasteiger partial charge in [0.05, 0.1) is 13.2 Å². The fraction of sp³-hybridized carbons (Fsp3) is 0.156. The minimum atomic E-state index is -1.05. The summed E-state index contributed by atoms with van der Waals surface area (Å²) in [7, 11) is 0. The van der Waals surface area contributed by atoms with Crippen molar-refractivity contribution in [2.75, 3.05) is 29.6 Å². The number of nitrogens with one attached hydrogen (secondary N) is 2. The molecule has 80 heavy (non-hydrogen) atoms. The molecule has 0 spiro atoms. The van der Waals surface area contributed by atoms with Crippen molar-refractivity contribution in [3.05, 3.63) is 234 Å². The predicted molar refractivity (Wildman–Crippen MR) is 305 cm³/mol. The molecule has 3 aromatic heterocycles. The zero-order valence-electron chi connectivity index (χ0n) is 44.2. The third-order valence-corrected chi connectivity index (χ3v) is 11.5. The van der Waals surface area contributed by atoms with E-state index in [1.54, 1.807) is 80.6 Å². The van der Waals surface area contributed by atoms with Crippen molar-refractivity contribution in [2.24, 2.45) is 0 Å². The number of esters is 2. The number of aromatic carboxylic acids is 1. The smallest absolute Gasteiger partial charge is 0.371 e. The van der Waals surface area contributed by atoms with Crippen LogP contribution in [0.3, 0.4) is 0 Å². The second-order valence-corrected chi connectivity index (χ2v) is 17.4. The van der Waals surface area contributed by atoms with Gasteiger partial charge < -0.3 is 49.3 Å². The number of hydrogen-bond donors (Lipinski definition) is 5. The fourth-order valence-electron chi connectivity index (χ4n) is 7.43. The Labute approximate surface area is 462 Å². The lowest BCUT2D eigenvalue weighted by Crippen LogP contribution is -2.10. The average Bonchev–Trinajstić information content (AvgIpc) is 4.31. The third kappa shape index (κ3) is 19.7. The van der Waals surface area contributed by atoms with Gasteiger partial charge in [-0.05, 0) is 123 Å². The monoisotopic (exact) mass is 1080 g/mol. The summed E-state index contributed by atoms with van der Waals surface area (Å²) in [5, 5.41) is 22.9. The summed E-state index contributed by atoms with van der Waals surface area (Å²) < 4.78 is 26.1. The van der Waals surface area contributed by atoms with Crippen LogP contribution in [0.2, 0.25) is 0 Å². The summed E-state index contributed by atoms with van der Waals surface area (Å²) in [4.78, 5) is 68.2. The molecule has 2 amide bonds. The van der Waals surface area contributed by atoms with Gasteiger partial charge >= 0.3 is 23.9 Å². The van der Waals surface area contributed by atoms with Gasteiger partial charge in [0, 0.05) is 53.0 Å². The minimum Gasteiger partial charge on any atom is -0.481 e. The summed E-state index contributed by atoms with van der Waals surface area (Å²) in [5.41, 5.74) is 13.3. The van der Waals surface area contributed by atoms with Gasteiger partial charge in [-0.15, -0.1) is 0 Å². The minimum absolute atomic E-state index is 0.0381. The Bertz CT molecular complexity index is 3370. The number of anilines is 3. The number of carbonyl (C=O) groups is 6. The Morgan fingerprint density at radius 2 is 0.738 bits per heavy atom. The Morgan fingerprint density at radius 3 is 1.06 bits per heavy atom. The summed E-state index contributed by atoms with van der Waals surface area (Å²) >= 11 is 0. The van der Waals surface area contributed by atoms with Gasteiger partial charge in [-0.1, -0.05) is 127 Å². The van der Waals surface area contributed by atoms with Crippen molar-refractivity contribution in [1.82, 2.24) is 0 Å². The highest BCUT2D eigenvalue weighted by Crippen LogP contribution is 2.25. The number of ether oxygens (including phenoxy) is 2. The lowest BCUT2D eigenvalue weighted by molar-refractivity contribution is -0.144. The van der Waals surface area contributed by atoms with E-state index in [1.165, 1.54) is 6.07 Å². The molecule has 6 aromatic carbocycles. The number of hydrogen-bond acceptors (Lipinski definition) is 12. The van der Waals surface area contributed by atoms with E-state index in [2.05, 4.69) is 10.6 Å². The first-order valence-electron chi connectivity index (χ1n) is 25.6. The highest BCUT2D eigenvalue weighted by Gasteiger charge is 2.15. The van der Waals surface area contributed by atoms with Gasteiger partial charge in [0.2, 0.25) is 5.76 Å². The molecule has 16 nitrogen and oxygen atoms in total. The topological polar surface area (TPSA) is 251 Å². The lowest BCUT2D eigenvalue weighted by atomic mass is 10.1. The van der Waals surface area contributed by atoms with Crippen molar-refractivity contribution >= 4 is 52.8 Å². The number of carbonyl (C=O) groups excluding carboxylic acids is 4. The number of nitrogens with two attached hydrogens (primary N) is 1. The molecule has 0 atom stereocenters. The number of rotatable bonds is 19. The molecule has 0 unspecified atom stereocenters. The first-order valence-corrected chi connectivity index (χ1v) is 25.6. The zero-order chi connectivity index (χ0) is 57.1. The lowest BCUT2D eigenvalue weighted by Gasteiger charge is -2.06. The standard InChI is InChI=1S/C22H21NO4.C20H17NO4.C11H15NO2.C11H8O3/c1-2-26-21(24)15-10-16-8-11-18(12-9-16)23-22(25)20-14-13-19(27-20)17-6-4-3-5-7-17;22-19(23)13-8-14-6-9-16(10-7-14)21-20(24)18-12-11-17(25-18)15-4-2-1-3-5-15;1-2-14-11(13)8-5-9-3-6-10(12)7-4-9;12-11(13)10-7-6-9(14-10)8-4-2-1-3-5-8/h3-9,11-14H,2,10,15H2,1H3,(H,23,25);1-7,9-12H,8,13H2,(H,21,24)(H,22,23);3-4,6-7H,2,5,8,12H2,1H3;1-7H,(H,12,13). The molecule has 0 aliphatic carbocycles. The van der Waals surface area contributed by atoms with Crippen LogP contribution in [0.4, 0.5) is 17.1 Å². The maximum atomic E-state index is 12.4. The molecular formula is C64H61N3O13. The summed E-state index contributed by atoms with van der Waals surface area (Å²) in [5.74, 6) is -0.578. The summed E-state index contributed by atoms with van der Waals surface area (Å²) in [6.07, 6.45) is 2.62. The summed E-state index contributed by atoms with van der Waals surface area (Å²) in [6, 6.07) is 60.5. The number of aliphatic carboxylic acids is 1. The highest BCUT2D eigenvalue weighted by atomic mass is 16.5. The first-order chi connectivity index (χ1) is 38.8. The molecule has 16 heteroatoms.